The van der Waals surface area contributed by atoms with Crippen molar-refractivity contribution in [3.05, 3.63) is 65.4 Å². The molecule has 0 fully saturated rings. The van der Waals surface area contributed by atoms with Crippen molar-refractivity contribution in [1.29, 1.82) is 0 Å². The molecule has 0 atom stereocenters. The summed E-state index contributed by atoms with van der Waals surface area (Å²) < 4.78 is 5.86. The largest absolute Gasteiger partial charge is 0.436 e. The molecule has 1 aliphatic heterocycles. The van der Waals surface area contributed by atoms with Gasteiger partial charge in [-0.15, -0.1) is 0 Å². The number of ether oxygens (including phenoxy) is 1. The molecule has 0 aliphatic carbocycles. The monoisotopic (exact) mass is 322 g/mol. The zero-order valence-corrected chi connectivity index (χ0v) is 12.7. The van der Waals surface area contributed by atoms with Crippen LogP contribution < -0.4 is 10.1 Å². The van der Waals surface area contributed by atoms with Crippen LogP contribution in [0.3, 0.4) is 0 Å². The highest BCUT2D eigenvalue weighted by molar-refractivity contribution is 6.30. The normalized spacial score (nSPS) is 11.9. The van der Waals surface area contributed by atoms with Crippen LogP contribution in [0.1, 0.15) is 5.56 Å². The number of anilines is 2. The van der Waals surface area contributed by atoms with Crippen LogP contribution in [0.25, 0.3) is 0 Å². The molecule has 3 aromatic rings. The van der Waals surface area contributed by atoms with Gasteiger partial charge in [0.05, 0.1) is 0 Å². The van der Waals surface area contributed by atoms with Crippen LogP contribution in [0.15, 0.2) is 59.9 Å². The van der Waals surface area contributed by atoms with Crippen LogP contribution in [-0.2, 0) is 0 Å². The summed E-state index contributed by atoms with van der Waals surface area (Å²) in [5.74, 6) is 1.70. The van der Waals surface area contributed by atoms with E-state index in [0.717, 1.165) is 11.3 Å². The van der Waals surface area contributed by atoms with Crippen LogP contribution in [0.4, 0.5) is 17.2 Å². The van der Waals surface area contributed by atoms with Crippen molar-refractivity contribution in [2.24, 2.45) is 4.99 Å². The van der Waals surface area contributed by atoms with Crippen LogP contribution in [0.5, 0.6) is 11.6 Å². The van der Waals surface area contributed by atoms with E-state index in [9.17, 15) is 0 Å². The smallest absolute Gasteiger partial charge is 0.250 e. The fourth-order valence-corrected chi connectivity index (χ4v) is 2.36. The number of aromatic nitrogens is 2. The molecule has 23 heavy (non-hydrogen) atoms. The molecule has 0 radical (unpaired) electrons. The van der Waals surface area contributed by atoms with Crippen molar-refractivity contribution in [3.8, 4) is 11.6 Å². The highest BCUT2D eigenvalue weighted by Crippen LogP contribution is 2.38. The molecule has 2 heterocycles. The molecule has 0 spiro atoms. The molecule has 1 aliphatic rings. The van der Waals surface area contributed by atoms with Gasteiger partial charge in [0.25, 0.3) is 5.88 Å². The van der Waals surface area contributed by atoms with E-state index < -0.39 is 0 Å². The molecular formula is C17H11ClN4O. The number of benzene rings is 2. The summed E-state index contributed by atoms with van der Waals surface area (Å²) in [4.78, 5) is 12.9. The van der Waals surface area contributed by atoms with Gasteiger partial charge in [-0.05, 0) is 36.4 Å². The van der Waals surface area contributed by atoms with Crippen molar-refractivity contribution in [2.75, 3.05) is 5.32 Å². The van der Waals surface area contributed by atoms with Crippen LogP contribution in [-0.4, -0.2) is 16.2 Å². The number of para-hydroxylation sites is 1. The quantitative estimate of drug-likeness (QED) is 0.579. The van der Waals surface area contributed by atoms with E-state index in [0.29, 0.717) is 28.2 Å². The van der Waals surface area contributed by atoms with Crippen LogP contribution in [0, 0.1) is 0 Å². The molecule has 4 rings (SSSR count). The standard InChI is InChI=1S/C17H11ClN4O/c18-12-5-7-13(8-6-12)22-16-15-17(21-10-20-16)23-14-4-2-1-3-11(14)9-19-15/h1-10H,(H,20,21,22). The lowest BCUT2D eigenvalue weighted by Crippen LogP contribution is -1.97. The van der Waals surface area contributed by atoms with Crippen molar-refractivity contribution < 1.29 is 4.74 Å². The van der Waals surface area contributed by atoms with E-state index in [1.807, 2.05) is 36.4 Å². The summed E-state index contributed by atoms with van der Waals surface area (Å²) in [6.45, 7) is 0. The average molecular weight is 323 g/mol. The number of fused-ring (bicyclic) bond motifs is 2. The van der Waals surface area contributed by atoms with Gasteiger partial charge in [0.1, 0.15) is 12.1 Å². The number of nitrogens with one attached hydrogen (secondary N) is 1. The Morgan fingerprint density at radius 3 is 2.65 bits per heavy atom. The minimum atomic E-state index is 0.415. The summed E-state index contributed by atoms with van der Waals surface area (Å²) in [6.07, 6.45) is 3.19. The molecule has 112 valence electrons. The minimum absolute atomic E-state index is 0.415. The molecule has 1 N–H and O–H groups in total. The molecule has 1 aromatic heterocycles. The summed E-state index contributed by atoms with van der Waals surface area (Å²) in [6, 6.07) is 15.0. The molecule has 0 bridgehead atoms. The van der Waals surface area contributed by atoms with E-state index in [1.54, 1.807) is 18.3 Å². The fourth-order valence-electron chi connectivity index (χ4n) is 2.23. The zero-order chi connectivity index (χ0) is 15.6. The summed E-state index contributed by atoms with van der Waals surface area (Å²) in [5, 5.41) is 3.89. The fraction of sp³-hybridized carbons (Fsp3) is 0. The molecular weight excluding hydrogens is 312 g/mol. The highest BCUT2D eigenvalue weighted by Gasteiger charge is 2.17. The van der Waals surface area contributed by atoms with E-state index in [2.05, 4.69) is 20.3 Å². The van der Waals surface area contributed by atoms with Gasteiger partial charge in [-0.25, -0.2) is 9.98 Å². The molecule has 0 saturated heterocycles. The first-order valence-corrected chi connectivity index (χ1v) is 7.36. The topological polar surface area (TPSA) is 59.4 Å². The first kappa shape index (κ1) is 13.7. The number of nitrogens with zero attached hydrogens (tertiary/aromatic N) is 3. The highest BCUT2D eigenvalue weighted by atomic mass is 35.5. The second kappa shape index (κ2) is 5.70. The number of hydrogen-bond acceptors (Lipinski definition) is 5. The molecule has 0 saturated carbocycles. The molecule has 6 heteroatoms. The predicted molar refractivity (Wildman–Crippen MR) is 90.5 cm³/mol. The minimum Gasteiger partial charge on any atom is -0.436 e. The number of hydrogen-bond donors (Lipinski definition) is 1. The molecule has 0 amide bonds. The van der Waals surface area contributed by atoms with Gasteiger partial charge >= 0.3 is 0 Å². The van der Waals surface area contributed by atoms with Gasteiger partial charge < -0.3 is 10.1 Å². The molecule has 0 unspecified atom stereocenters. The average Bonchev–Trinajstić information content (AvgIpc) is 2.77. The third-order valence-corrected chi connectivity index (χ3v) is 3.61. The van der Waals surface area contributed by atoms with Crippen molar-refractivity contribution in [1.82, 2.24) is 9.97 Å². The van der Waals surface area contributed by atoms with Crippen molar-refractivity contribution >= 4 is 35.0 Å². The summed E-state index contributed by atoms with van der Waals surface area (Å²) in [5.41, 5.74) is 2.30. The third-order valence-electron chi connectivity index (χ3n) is 3.35. The van der Waals surface area contributed by atoms with Crippen molar-refractivity contribution in [3.63, 3.8) is 0 Å². The van der Waals surface area contributed by atoms with Crippen molar-refractivity contribution in [2.45, 2.75) is 0 Å². The molecule has 2 aromatic carbocycles. The Hall–Kier alpha value is -2.92. The Morgan fingerprint density at radius 1 is 0.957 bits per heavy atom. The lowest BCUT2D eigenvalue weighted by molar-refractivity contribution is 0.464. The zero-order valence-electron chi connectivity index (χ0n) is 11.9. The first-order valence-electron chi connectivity index (χ1n) is 6.98. The maximum absolute atomic E-state index is 5.91. The third kappa shape index (κ3) is 2.74. The Kier molecular flexibility index (Phi) is 3.40. The van der Waals surface area contributed by atoms with E-state index in [-0.39, 0.29) is 0 Å². The lowest BCUT2D eigenvalue weighted by Gasteiger charge is -2.10. The lowest BCUT2D eigenvalue weighted by atomic mass is 10.2. The van der Waals surface area contributed by atoms with E-state index >= 15 is 0 Å². The van der Waals surface area contributed by atoms with Gasteiger partial charge in [0.2, 0.25) is 0 Å². The maximum Gasteiger partial charge on any atom is 0.250 e. The number of halogens is 1. The second-order valence-corrected chi connectivity index (χ2v) is 5.34. The Labute approximate surface area is 137 Å². The molecule has 5 nitrogen and oxygen atoms in total. The first-order chi connectivity index (χ1) is 11.3. The number of aliphatic imine (C=N–C) groups is 1. The van der Waals surface area contributed by atoms with Gasteiger partial charge in [-0.2, -0.15) is 4.98 Å². The summed E-state index contributed by atoms with van der Waals surface area (Å²) >= 11 is 5.91. The van der Waals surface area contributed by atoms with E-state index in [1.165, 1.54) is 6.33 Å². The van der Waals surface area contributed by atoms with Gasteiger partial charge in [0.15, 0.2) is 11.5 Å². The van der Waals surface area contributed by atoms with Crippen LogP contribution >= 0.6 is 11.6 Å². The SMILES string of the molecule is Clc1ccc(Nc2ncnc3c2N=Cc2ccccc2O3)cc1. The number of rotatable bonds is 2. The Morgan fingerprint density at radius 2 is 1.78 bits per heavy atom. The van der Waals surface area contributed by atoms with Gasteiger partial charge in [-0.1, -0.05) is 23.7 Å². The second-order valence-electron chi connectivity index (χ2n) is 4.91. The Bertz CT molecular complexity index is 893. The van der Waals surface area contributed by atoms with E-state index in [4.69, 9.17) is 16.3 Å². The Balaban J connectivity index is 1.74. The maximum atomic E-state index is 5.91. The van der Waals surface area contributed by atoms with Gasteiger partial charge in [-0.3, -0.25) is 0 Å². The summed E-state index contributed by atoms with van der Waals surface area (Å²) in [7, 11) is 0. The van der Waals surface area contributed by atoms with Gasteiger partial charge in [0, 0.05) is 22.5 Å². The predicted octanol–water partition coefficient (Wildman–Crippen LogP) is 4.73. The van der Waals surface area contributed by atoms with Crippen LogP contribution in [0.2, 0.25) is 5.02 Å².